The first-order valence-corrected chi connectivity index (χ1v) is 5.00. The normalized spacial score (nSPS) is 31.9. The fraction of sp³-hybridized carbons (Fsp3) is 0.900. The van der Waals surface area contributed by atoms with Gasteiger partial charge in [-0.05, 0) is 5.92 Å². The monoisotopic (exact) mass is 200 g/mol. The Kier molecular flexibility index (Phi) is 2.76. The number of nitrogens with one attached hydrogen (secondary N) is 1. The molecular formula is C10H20N2O2. The van der Waals surface area contributed by atoms with Crippen molar-refractivity contribution < 1.29 is 9.90 Å². The molecule has 1 heterocycles. The van der Waals surface area contributed by atoms with Gasteiger partial charge in [0.1, 0.15) is 6.23 Å². The standard InChI is InChI=1S/C10H20N2O2/c1-6(2)7-10(3,4)8(13)12(5)9(14)11-7/h6-8,13H,1-5H3,(H,11,14)/t7-,8-/m1/s1. The lowest BCUT2D eigenvalue weighted by molar-refractivity contribution is -0.0868. The number of carbonyl (C=O) groups is 1. The topological polar surface area (TPSA) is 52.6 Å². The van der Waals surface area contributed by atoms with Crippen molar-refractivity contribution in [2.24, 2.45) is 11.3 Å². The van der Waals surface area contributed by atoms with E-state index in [0.717, 1.165) is 0 Å². The average Bonchev–Trinajstić information content (AvgIpc) is 2.08. The largest absolute Gasteiger partial charge is 0.373 e. The second-order valence-corrected chi connectivity index (χ2v) is 4.98. The third-order valence-electron chi connectivity index (χ3n) is 3.10. The van der Waals surface area contributed by atoms with Gasteiger partial charge in [-0.3, -0.25) is 0 Å². The van der Waals surface area contributed by atoms with Crippen molar-refractivity contribution in [2.45, 2.75) is 40.0 Å². The molecule has 0 spiro atoms. The highest BCUT2D eigenvalue weighted by molar-refractivity contribution is 5.75. The van der Waals surface area contributed by atoms with Gasteiger partial charge in [-0.1, -0.05) is 27.7 Å². The molecule has 2 atom stereocenters. The molecule has 0 aromatic heterocycles. The minimum atomic E-state index is -0.719. The molecule has 14 heavy (non-hydrogen) atoms. The Morgan fingerprint density at radius 2 is 2.00 bits per heavy atom. The summed E-state index contributed by atoms with van der Waals surface area (Å²) in [5, 5.41) is 12.9. The van der Waals surface area contributed by atoms with Crippen molar-refractivity contribution in [2.75, 3.05) is 7.05 Å². The highest BCUT2D eigenvalue weighted by Gasteiger charge is 2.46. The van der Waals surface area contributed by atoms with Crippen LogP contribution in [0.1, 0.15) is 27.7 Å². The lowest BCUT2D eigenvalue weighted by Crippen LogP contribution is -2.66. The number of aliphatic hydroxyl groups excluding tert-OH is 1. The summed E-state index contributed by atoms with van der Waals surface area (Å²) < 4.78 is 0. The molecule has 1 aliphatic rings. The molecule has 2 N–H and O–H groups in total. The van der Waals surface area contributed by atoms with Crippen LogP contribution in [0.5, 0.6) is 0 Å². The molecular weight excluding hydrogens is 180 g/mol. The molecule has 1 rings (SSSR count). The molecule has 82 valence electrons. The molecule has 0 aliphatic carbocycles. The quantitative estimate of drug-likeness (QED) is 0.663. The highest BCUT2D eigenvalue weighted by atomic mass is 16.3. The number of nitrogens with zero attached hydrogens (tertiary/aromatic N) is 1. The summed E-state index contributed by atoms with van der Waals surface area (Å²) in [6.45, 7) is 8.03. The lowest BCUT2D eigenvalue weighted by atomic mass is 9.75. The van der Waals surface area contributed by atoms with Crippen LogP contribution in [-0.4, -0.2) is 35.4 Å². The molecule has 4 heteroatoms. The van der Waals surface area contributed by atoms with Gasteiger partial charge in [0.15, 0.2) is 0 Å². The number of aliphatic hydroxyl groups is 1. The van der Waals surface area contributed by atoms with Crippen LogP contribution >= 0.6 is 0 Å². The van der Waals surface area contributed by atoms with Crippen molar-refractivity contribution in [1.29, 1.82) is 0 Å². The molecule has 2 amide bonds. The number of rotatable bonds is 1. The van der Waals surface area contributed by atoms with Crippen LogP contribution in [0.4, 0.5) is 4.79 Å². The molecule has 4 nitrogen and oxygen atoms in total. The van der Waals surface area contributed by atoms with Gasteiger partial charge in [0.05, 0.1) is 0 Å². The zero-order chi connectivity index (χ0) is 11.1. The van der Waals surface area contributed by atoms with Crippen LogP contribution in [0.15, 0.2) is 0 Å². The van der Waals surface area contributed by atoms with Crippen molar-refractivity contribution >= 4 is 6.03 Å². The fourth-order valence-corrected chi connectivity index (χ4v) is 2.22. The van der Waals surface area contributed by atoms with Crippen molar-refractivity contribution in [1.82, 2.24) is 10.2 Å². The third kappa shape index (κ3) is 1.59. The average molecular weight is 200 g/mol. The summed E-state index contributed by atoms with van der Waals surface area (Å²) in [7, 11) is 1.61. The molecule has 1 fully saturated rings. The van der Waals surface area contributed by atoms with Gasteiger partial charge in [-0.15, -0.1) is 0 Å². The summed E-state index contributed by atoms with van der Waals surface area (Å²) in [4.78, 5) is 12.8. The lowest BCUT2D eigenvalue weighted by Gasteiger charge is -2.48. The molecule has 0 saturated carbocycles. The van der Waals surface area contributed by atoms with E-state index in [2.05, 4.69) is 5.32 Å². The van der Waals surface area contributed by atoms with E-state index in [1.807, 2.05) is 27.7 Å². The predicted molar refractivity (Wildman–Crippen MR) is 54.7 cm³/mol. The third-order valence-corrected chi connectivity index (χ3v) is 3.10. The van der Waals surface area contributed by atoms with Crippen LogP contribution < -0.4 is 5.32 Å². The van der Waals surface area contributed by atoms with Crippen molar-refractivity contribution in [3.63, 3.8) is 0 Å². The number of amides is 2. The van der Waals surface area contributed by atoms with Gasteiger partial charge < -0.3 is 15.3 Å². The summed E-state index contributed by atoms with van der Waals surface area (Å²) >= 11 is 0. The van der Waals surface area contributed by atoms with Gasteiger partial charge >= 0.3 is 6.03 Å². The first kappa shape index (κ1) is 11.3. The number of urea groups is 1. The molecule has 1 saturated heterocycles. The number of carbonyl (C=O) groups excluding carboxylic acids is 1. The van der Waals surface area contributed by atoms with E-state index >= 15 is 0 Å². The minimum absolute atomic E-state index is 0.0150. The first-order valence-electron chi connectivity index (χ1n) is 5.00. The Labute approximate surface area is 85.3 Å². The van der Waals surface area contributed by atoms with Crippen LogP contribution in [0, 0.1) is 11.3 Å². The van der Waals surface area contributed by atoms with Crippen LogP contribution in [0.25, 0.3) is 0 Å². The second-order valence-electron chi connectivity index (χ2n) is 4.98. The van der Waals surface area contributed by atoms with E-state index in [1.165, 1.54) is 4.90 Å². The number of hydrogen-bond acceptors (Lipinski definition) is 2. The maximum Gasteiger partial charge on any atom is 0.319 e. The maximum absolute atomic E-state index is 11.5. The van der Waals surface area contributed by atoms with E-state index in [9.17, 15) is 9.90 Å². The van der Waals surface area contributed by atoms with Gasteiger partial charge in [0.2, 0.25) is 0 Å². The van der Waals surface area contributed by atoms with Gasteiger partial charge in [-0.25, -0.2) is 4.79 Å². The fourth-order valence-electron chi connectivity index (χ4n) is 2.22. The van der Waals surface area contributed by atoms with E-state index in [4.69, 9.17) is 0 Å². The summed E-state index contributed by atoms with van der Waals surface area (Å²) in [6, 6.07) is -0.184. The Bertz CT molecular complexity index is 238. The van der Waals surface area contributed by atoms with E-state index in [0.29, 0.717) is 5.92 Å². The smallest absolute Gasteiger partial charge is 0.319 e. The van der Waals surface area contributed by atoms with E-state index in [-0.39, 0.29) is 17.5 Å². The van der Waals surface area contributed by atoms with Gasteiger partial charge in [0.25, 0.3) is 0 Å². The Hall–Kier alpha value is -0.770. The Morgan fingerprint density at radius 3 is 2.43 bits per heavy atom. The van der Waals surface area contributed by atoms with Crippen LogP contribution in [0.3, 0.4) is 0 Å². The summed E-state index contributed by atoms with van der Waals surface area (Å²) in [5.74, 6) is 0.317. The van der Waals surface area contributed by atoms with Gasteiger partial charge in [-0.2, -0.15) is 0 Å². The summed E-state index contributed by atoms with van der Waals surface area (Å²) in [5.41, 5.74) is -0.323. The van der Waals surface area contributed by atoms with E-state index < -0.39 is 6.23 Å². The predicted octanol–water partition coefficient (Wildman–Crippen LogP) is 1.01. The second kappa shape index (κ2) is 3.42. The maximum atomic E-state index is 11.5. The summed E-state index contributed by atoms with van der Waals surface area (Å²) in [6.07, 6.45) is -0.719. The van der Waals surface area contributed by atoms with E-state index in [1.54, 1.807) is 7.05 Å². The molecule has 0 bridgehead atoms. The van der Waals surface area contributed by atoms with Crippen LogP contribution in [0.2, 0.25) is 0 Å². The van der Waals surface area contributed by atoms with Crippen LogP contribution in [-0.2, 0) is 0 Å². The molecule has 0 unspecified atom stereocenters. The molecule has 0 aromatic rings. The molecule has 0 radical (unpaired) electrons. The highest BCUT2D eigenvalue weighted by Crippen LogP contribution is 2.34. The minimum Gasteiger partial charge on any atom is -0.373 e. The Balaban J connectivity index is 2.95. The van der Waals surface area contributed by atoms with Crippen molar-refractivity contribution in [3.05, 3.63) is 0 Å². The van der Waals surface area contributed by atoms with Gasteiger partial charge in [0, 0.05) is 18.5 Å². The van der Waals surface area contributed by atoms with Crippen molar-refractivity contribution in [3.8, 4) is 0 Å². The number of hydrogen-bond donors (Lipinski definition) is 2. The first-order chi connectivity index (χ1) is 6.28. The molecule has 1 aliphatic heterocycles. The Morgan fingerprint density at radius 1 is 1.50 bits per heavy atom. The zero-order valence-electron chi connectivity index (χ0n) is 9.53. The molecule has 0 aromatic carbocycles. The SMILES string of the molecule is CC(C)[C@H]1NC(=O)N(C)[C@H](O)C1(C)C. The zero-order valence-corrected chi connectivity index (χ0v) is 9.53.